The van der Waals surface area contributed by atoms with Crippen molar-refractivity contribution in [3.8, 4) is 0 Å². The first-order chi connectivity index (χ1) is 12.2. The van der Waals surface area contributed by atoms with Gasteiger partial charge in [-0.1, -0.05) is 26.0 Å². The molecule has 1 heterocycles. The van der Waals surface area contributed by atoms with E-state index in [-0.39, 0.29) is 24.4 Å². The molecule has 2 rings (SSSR count). The van der Waals surface area contributed by atoms with E-state index in [1.54, 1.807) is 0 Å². The van der Waals surface area contributed by atoms with E-state index in [1.807, 2.05) is 50.9 Å². The van der Waals surface area contributed by atoms with Crippen LogP contribution in [-0.2, 0) is 9.59 Å². The monoisotopic (exact) mass is 360 g/mol. The Balaban J connectivity index is 1.93. The van der Waals surface area contributed by atoms with Gasteiger partial charge in [0, 0.05) is 18.8 Å². The molecule has 1 aliphatic rings. The molecule has 1 unspecified atom stereocenters. The number of carbonyl (C=O) groups is 2. The average molecular weight is 361 g/mol. The van der Waals surface area contributed by atoms with Crippen molar-refractivity contribution >= 4 is 17.5 Å². The lowest BCUT2D eigenvalue weighted by molar-refractivity contribution is -0.886. The van der Waals surface area contributed by atoms with Gasteiger partial charge in [0.2, 0.25) is 0 Å². The average Bonchev–Trinajstić information content (AvgIpc) is 2.56. The third-order valence-electron chi connectivity index (χ3n) is 5.61. The number of benzene rings is 1. The Morgan fingerprint density at radius 3 is 2.46 bits per heavy atom. The fourth-order valence-corrected chi connectivity index (χ4v) is 3.81. The standard InChI is InChI=1S/C21H33N3O2/c1-14-10-15(2)12-24(11-14)21(26)18(5)23(6)13-20(25)22-19-9-7-8-16(3)17(19)4/h7-9,14-15,18H,10-13H2,1-6H3,(H,22,25)/p+1/t14-,15+,18-/m1/s1. The van der Waals surface area contributed by atoms with Gasteiger partial charge in [0.05, 0.1) is 7.05 Å². The second-order valence-electron chi connectivity index (χ2n) is 8.23. The predicted octanol–water partition coefficient (Wildman–Crippen LogP) is 1.65. The molecule has 5 heteroatoms. The summed E-state index contributed by atoms with van der Waals surface area (Å²) in [6, 6.07) is 5.67. The van der Waals surface area contributed by atoms with E-state index < -0.39 is 0 Å². The molecule has 1 saturated heterocycles. The highest BCUT2D eigenvalue weighted by molar-refractivity contribution is 5.92. The molecule has 1 aliphatic heterocycles. The van der Waals surface area contributed by atoms with Crippen molar-refractivity contribution in [2.75, 3.05) is 32.0 Å². The number of nitrogens with one attached hydrogen (secondary N) is 2. The van der Waals surface area contributed by atoms with Crippen molar-refractivity contribution in [3.05, 3.63) is 29.3 Å². The maximum absolute atomic E-state index is 12.8. The van der Waals surface area contributed by atoms with Gasteiger partial charge in [0.1, 0.15) is 0 Å². The van der Waals surface area contributed by atoms with E-state index in [1.165, 1.54) is 6.42 Å². The first-order valence-electron chi connectivity index (χ1n) is 9.66. The minimum absolute atomic E-state index is 0.0590. The second-order valence-corrected chi connectivity index (χ2v) is 8.23. The molecule has 2 amide bonds. The minimum atomic E-state index is -0.225. The van der Waals surface area contributed by atoms with Crippen molar-refractivity contribution in [3.63, 3.8) is 0 Å². The van der Waals surface area contributed by atoms with Crippen LogP contribution in [-0.4, -0.2) is 49.4 Å². The number of carbonyl (C=O) groups excluding carboxylic acids is 2. The lowest BCUT2D eigenvalue weighted by atomic mass is 9.91. The Labute approximate surface area is 157 Å². The SMILES string of the molecule is Cc1cccc(NC(=O)C[NH+](C)[C@H](C)C(=O)N2C[C@H](C)C[C@H](C)C2)c1C. The first kappa shape index (κ1) is 20.4. The number of likely N-dealkylation sites (tertiary alicyclic amines) is 1. The van der Waals surface area contributed by atoms with Crippen molar-refractivity contribution in [2.45, 2.75) is 47.1 Å². The van der Waals surface area contributed by atoms with Crippen molar-refractivity contribution < 1.29 is 14.5 Å². The number of amides is 2. The summed E-state index contributed by atoms with van der Waals surface area (Å²) in [6.45, 7) is 12.3. The zero-order chi connectivity index (χ0) is 19.4. The molecule has 5 nitrogen and oxygen atoms in total. The van der Waals surface area contributed by atoms with Crippen LogP contribution in [0.2, 0.25) is 0 Å². The smallest absolute Gasteiger partial charge is 0.280 e. The predicted molar refractivity (Wildman–Crippen MR) is 105 cm³/mol. The van der Waals surface area contributed by atoms with Gasteiger partial charge >= 0.3 is 0 Å². The molecule has 0 saturated carbocycles. The van der Waals surface area contributed by atoms with Crippen molar-refractivity contribution in [1.29, 1.82) is 0 Å². The number of hydrogen-bond acceptors (Lipinski definition) is 2. The first-order valence-corrected chi connectivity index (χ1v) is 9.66. The van der Waals surface area contributed by atoms with Gasteiger partial charge in [-0.2, -0.15) is 0 Å². The summed E-state index contributed by atoms with van der Waals surface area (Å²) < 4.78 is 0. The van der Waals surface area contributed by atoms with Crippen LogP contribution in [0, 0.1) is 25.7 Å². The number of rotatable bonds is 5. The van der Waals surface area contributed by atoms with Crippen LogP contribution in [0.5, 0.6) is 0 Å². The zero-order valence-corrected chi connectivity index (χ0v) is 17.1. The Morgan fingerprint density at radius 1 is 1.23 bits per heavy atom. The van der Waals surface area contributed by atoms with Crippen molar-refractivity contribution in [1.82, 2.24) is 4.90 Å². The molecule has 2 N–H and O–H groups in total. The molecule has 1 fully saturated rings. The molecular weight excluding hydrogens is 326 g/mol. The van der Waals surface area contributed by atoms with Gasteiger partial charge in [-0.3, -0.25) is 9.59 Å². The lowest BCUT2D eigenvalue weighted by Gasteiger charge is -2.36. The molecule has 0 radical (unpaired) electrons. The van der Waals surface area contributed by atoms with Crippen LogP contribution in [0.3, 0.4) is 0 Å². The fourth-order valence-electron chi connectivity index (χ4n) is 3.81. The number of piperidine rings is 1. The van der Waals surface area contributed by atoms with Gasteiger partial charge in [-0.05, 0) is 56.2 Å². The van der Waals surface area contributed by atoms with Gasteiger partial charge in [0.25, 0.3) is 11.8 Å². The molecule has 0 aromatic heterocycles. The van der Waals surface area contributed by atoms with E-state index in [0.29, 0.717) is 11.8 Å². The summed E-state index contributed by atoms with van der Waals surface area (Å²) in [5.74, 6) is 1.18. The van der Waals surface area contributed by atoms with Crippen LogP contribution in [0.4, 0.5) is 5.69 Å². The van der Waals surface area contributed by atoms with E-state index in [0.717, 1.165) is 34.8 Å². The maximum atomic E-state index is 12.8. The second kappa shape index (κ2) is 8.67. The molecule has 1 aromatic carbocycles. The van der Waals surface area contributed by atoms with E-state index in [2.05, 4.69) is 19.2 Å². The Morgan fingerprint density at radius 2 is 1.85 bits per heavy atom. The number of quaternary nitrogens is 1. The third kappa shape index (κ3) is 5.07. The van der Waals surface area contributed by atoms with Gasteiger partial charge in [-0.15, -0.1) is 0 Å². The van der Waals surface area contributed by atoms with Crippen LogP contribution in [0.25, 0.3) is 0 Å². The van der Waals surface area contributed by atoms with E-state index >= 15 is 0 Å². The summed E-state index contributed by atoms with van der Waals surface area (Å²) in [5, 5.41) is 2.98. The number of aryl methyl sites for hydroxylation is 1. The van der Waals surface area contributed by atoms with Crippen LogP contribution in [0.15, 0.2) is 18.2 Å². The molecule has 0 spiro atoms. The lowest BCUT2D eigenvalue weighted by Crippen LogP contribution is -3.15. The topological polar surface area (TPSA) is 53.9 Å². The summed E-state index contributed by atoms with van der Waals surface area (Å²) in [4.78, 5) is 28.2. The molecule has 26 heavy (non-hydrogen) atoms. The number of nitrogens with zero attached hydrogens (tertiary/aromatic N) is 1. The number of likely N-dealkylation sites (N-methyl/N-ethyl adjacent to an activating group) is 1. The van der Waals surface area contributed by atoms with Crippen molar-refractivity contribution in [2.24, 2.45) is 11.8 Å². The zero-order valence-electron chi connectivity index (χ0n) is 17.1. The number of hydrogen-bond donors (Lipinski definition) is 2. The fraction of sp³-hybridized carbons (Fsp3) is 0.619. The summed E-state index contributed by atoms with van der Waals surface area (Å²) in [6.07, 6.45) is 1.18. The molecule has 0 bridgehead atoms. The molecule has 144 valence electrons. The normalized spacial score (nSPS) is 22.6. The van der Waals surface area contributed by atoms with Crippen LogP contribution < -0.4 is 10.2 Å². The highest BCUT2D eigenvalue weighted by Crippen LogP contribution is 2.21. The van der Waals surface area contributed by atoms with Gasteiger partial charge in [-0.25, -0.2) is 0 Å². The highest BCUT2D eigenvalue weighted by Gasteiger charge is 2.32. The quantitative estimate of drug-likeness (QED) is 0.839. The summed E-state index contributed by atoms with van der Waals surface area (Å²) >= 11 is 0. The summed E-state index contributed by atoms with van der Waals surface area (Å²) in [7, 11) is 1.92. The molecule has 1 aromatic rings. The van der Waals surface area contributed by atoms with Gasteiger partial charge in [0.15, 0.2) is 12.6 Å². The molecule has 0 aliphatic carbocycles. The van der Waals surface area contributed by atoms with Crippen LogP contribution >= 0.6 is 0 Å². The Bertz CT molecular complexity index is 649. The largest absolute Gasteiger partial charge is 0.337 e. The number of anilines is 1. The van der Waals surface area contributed by atoms with Gasteiger partial charge < -0.3 is 15.1 Å². The third-order valence-corrected chi connectivity index (χ3v) is 5.61. The van der Waals surface area contributed by atoms with E-state index in [9.17, 15) is 9.59 Å². The molecular formula is C21H34N3O2+. The summed E-state index contributed by atoms with van der Waals surface area (Å²) in [5.41, 5.74) is 3.08. The van der Waals surface area contributed by atoms with Crippen LogP contribution in [0.1, 0.15) is 38.3 Å². The van der Waals surface area contributed by atoms with E-state index in [4.69, 9.17) is 0 Å². The Kier molecular flexibility index (Phi) is 6.81. The Hall–Kier alpha value is -1.88. The maximum Gasteiger partial charge on any atom is 0.280 e. The highest BCUT2D eigenvalue weighted by atomic mass is 16.2. The molecule has 4 atom stereocenters. The minimum Gasteiger partial charge on any atom is -0.337 e.